The first-order valence-electron chi connectivity index (χ1n) is 5.13. The Balaban J connectivity index is 1.97. The van der Waals surface area contributed by atoms with E-state index in [0.29, 0.717) is 5.75 Å². The van der Waals surface area contributed by atoms with Crippen molar-refractivity contribution in [2.24, 2.45) is 0 Å². The lowest BCUT2D eigenvalue weighted by atomic mass is 10.2. The van der Waals surface area contributed by atoms with E-state index in [1.807, 2.05) is 11.8 Å². The van der Waals surface area contributed by atoms with Gasteiger partial charge in [0.05, 0.1) is 0 Å². The van der Waals surface area contributed by atoms with Crippen molar-refractivity contribution < 1.29 is 9.59 Å². The van der Waals surface area contributed by atoms with Crippen LogP contribution < -0.4 is 10.6 Å². The van der Waals surface area contributed by atoms with Crippen molar-refractivity contribution >= 4 is 22.9 Å². The molecular formula is C9H15N3O2S. The van der Waals surface area contributed by atoms with Crippen molar-refractivity contribution in [1.29, 1.82) is 0 Å². The zero-order chi connectivity index (χ0) is 10.8. The summed E-state index contributed by atoms with van der Waals surface area (Å²) in [4.78, 5) is 24.9. The Morgan fingerprint density at radius 1 is 1.60 bits per heavy atom. The van der Waals surface area contributed by atoms with Crippen molar-refractivity contribution in [1.82, 2.24) is 15.5 Å². The molecule has 5 nitrogen and oxygen atoms in total. The normalized spacial score (nSPS) is 31.5. The lowest BCUT2D eigenvalue weighted by Crippen LogP contribution is -2.56. The van der Waals surface area contributed by atoms with Crippen LogP contribution in [0.2, 0.25) is 0 Å². The number of hydrogen-bond acceptors (Lipinski definition) is 4. The second-order valence-electron chi connectivity index (χ2n) is 3.88. The molecule has 15 heavy (non-hydrogen) atoms. The van der Waals surface area contributed by atoms with Crippen molar-refractivity contribution in [2.45, 2.75) is 19.0 Å². The summed E-state index contributed by atoms with van der Waals surface area (Å²) >= 11 is 1.19. The van der Waals surface area contributed by atoms with E-state index in [0.717, 1.165) is 19.6 Å². The molecule has 0 aromatic heterocycles. The van der Waals surface area contributed by atoms with E-state index in [4.69, 9.17) is 0 Å². The highest BCUT2D eigenvalue weighted by Gasteiger charge is 2.33. The molecule has 2 rings (SSSR count). The topological polar surface area (TPSA) is 61.4 Å². The van der Waals surface area contributed by atoms with Crippen LogP contribution in [-0.4, -0.2) is 53.5 Å². The van der Waals surface area contributed by atoms with Gasteiger partial charge >= 0.3 is 0 Å². The van der Waals surface area contributed by atoms with Gasteiger partial charge in [-0.15, -0.1) is 0 Å². The predicted molar refractivity (Wildman–Crippen MR) is 58.8 cm³/mol. The smallest absolute Gasteiger partial charge is 0.279 e. The number of thioether (sulfide) groups is 1. The monoisotopic (exact) mass is 229 g/mol. The number of carbonyl (C=O) groups excluding carboxylic acids is 2. The van der Waals surface area contributed by atoms with E-state index in [2.05, 4.69) is 10.6 Å². The number of amides is 2. The van der Waals surface area contributed by atoms with Gasteiger partial charge in [-0.25, -0.2) is 0 Å². The molecule has 2 amide bonds. The molecule has 0 aliphatic carbocycles. The van der Waals surface area contributed by atoms with Gasteiger partial charge in [-0.05, 0) is 6.92 Å². The largest absolute Gasteiger partial charge is 0.336 e. The molecule has 2 aliphatic rings. The van der Waals surface area contributed by atoms with Gasteiger partial charge in [0.2, 0.25) is 5.91 Å². The molecule has 2 N–H and O–H groups in total. The number of nitrogens with zero attached hydrogens (tertiary/aromatic N) is 1. The fourth-order valence-electron chi connectivity index (χ4n) is 1.89. The minimum absolute atomic E-state index is 0.0577. The fraction of sp³-hybridized carbons (Fsp3) is 0.778. The zero-order valence-electron chi connectivity index (χ0n) is 8.66. The van der Waals surface area contributed by atoms with E-state index in [1.165, 1.54) is 11.8 Å². The first kappa shape index (κ1) is 10.8. The Labute approximate surface area is 93.0 Å². The Bertz CT molecular complexity index is 285. The maximum absolute atomic E-state index is 12.0. The molecular weight excluding hydrogens is 214 g/mol. The Hall–Kier alpha value is -0.750. The van der Waals surface area contributed by atoms with Crippen LogP contribution in [0.4, 0.5) is 4.79 Å². The van der Waals surface area contributed by atoms with Gasteiger partial charge in [0.25, 0.3) is 5.24 Å². The fourth-order valence-corrected chi connectivity index (χ4v) is 2.66. The summed E-state index contributed by atoms with van der Waals surface area (Å²) in [6, 6.07) is -0.100. The van der Waals surface area contributed by atoms with Crippen molar-refractivity contribution in [3.8, 4) is 0 Å². The average Bonchev–Trinajstić information content (AvgIpc) is 2.65. The SMILES string of the molecule is C[C@H]1CNCCN1C(=O)C1CSC(=O)N1. The molecule has 2 heterocycles. The van der Waals surface area contributed by atoms with Crippen LogP contribution in [0.3, 0.4) is 0 Å². The highest BCUT2D eigenvalue weighted by molar-refractivity contribution is 8.14. The van der Waals surface area contributed by atoms with Crippen LogP contribution >= 0.6 is 11.8 Å². The second-order valence-corrected chi connectivity index (χ2v) is 4.87. The van der Waals surface area contributed by atoms with Crippen LogP contribution in [0.25, 0.3) is 0 Å². The third-order valence-corrected chi connectivity index (χ3v) is 3.64. The lowest BCUT2D eigenvalue weighted by Gasteiger charge is -2.35. The predicted octanol–water partition coefficient (Wildman–Crippen LogP) is -0.368. The Morgan fingerprint density at radius 3 is 3.00 bits per heavy atom. The number of nitrogens with one attached hydrogen (secondary N) is 2. The summed E-state index contributed by atoms with van der Waals surface area (Å²) in [6.45, 7) is 4.43. The lowest BCUT2D eigenvalue weighted by molar-refractivity contribution is -0.135. The molecule has 84 valence electrons. The third-order valence-electron chi connectivity index (χ3n) is 2.76. The minimum Gasteiger partial charge on any atom is -0.336 e. The molecule has 2 fully saturated rings. The van der Waals surface area contributed by atoms with Crippen LogP contribution in [0.1, 0.15) is 6.92 Å². The quantitative estimate of drug-likeness (QED) is 0.644. The van der Waals surface area contributed by atoms with Gasteiger partial charge in [0, 0.05) is 31.4 Å². The van der Waals surface area contributed by atoms with Gasteiger partial charge in [-0.2, -0.15) is 0 Å². The van der Waals surface area contributed by atoms with Crippen molar-refractivity contribution in [2.75, 3.05) is 25.4 Å². The third kappa shape index (κ3) is 2.26. The van der Waals surface area contributed by atoms with E-state index in [9.17, 15) is 9.59 Å². The van der Waals surface area contributed by atoms with Crippen LogP contribution in [0.15, 0.2) is 0 Å². The molecule has 0 aromatic carbocycles. The van der Waals surface area contributed by atoms with E-state index >= 15 is 0 Å². The second kappa shape index (κ2) is 4.40. The van der Waals surface area contributed by atoms with Crippen molar-refractivity contribution in [3.05, 3.63) is 0 Å². The Morgan fingerprint density at radius 2 is 2.40 bits per heavy atom. The summed E-state index contributed by atoms with van der Waals surface area (Å²) in [5.74, 6) is 0.622. The molecule has 1 unspecified atom stereocenters. The summed E-state index contributed by atoms with van der Waals surface area (Å²) in [6.07, 6.45) is 0. The molecule has 0 bridgehead atoms. The molecule has 2 saturated heterocycles. The highest BCUT2D eigenvalue weighted by atomic mass is 32.2. The molecule has 0 aromatic rings. The van der Waals surface area contributed by atoms with Crippen LogP contribution in [0, 0.1) is 0 Å². The maximum atomic E-state index is 12.0. The van der Waals surface area contributed by atoms with E-state index < -0.39 is 0 Å². The molecule has 2 atom stereocenters. The van der Waals surface area contributed by atoms with Gasteiger partial charge < -0.3 is 15.5 Å². The molecule has 0 radical (unpaired) electrons. The summed E-state index contributed by atoms with van der Waals surface area (Å²) in [5.41, 5.74) is 0. The minimum atomic E-state index is -0.317. The van der Waals surface area contributed by atoms with Gasteiger partial charge in [0.1, 0.15) is 6.04 Å². The van der Waals surface area contributed by atoms with Crippen LogP contribution in [0.5, 0.6) is 0 Å². The van der Waals surface area contributed by atoms with Crippen molar-refractivity contribution in [3.63, 3.8) is 0 Å². The van der Waals surface area contributed by atoms with Gasteiger partial charge in [-0.3, -0.25) is 9.59 Å². The van der Waals surface area contributed by atoms with Gasteiger partial charge in [-0.1, -0.05) is 11.8 Å². The molecule has 0 saturated carbocycles. The van der Waals surface area contributed by atoms with Crippen LogP contribution in [-0.2, 0) is 4.79 Å². The van der Waals surface area contributed by atoms with E-state index in [-0.39, 0.29) is 23.2 Å². The van der Waals surface area contributed by atoms with Gasteiger partial charge in [0.15, 0.2) is 0 Å². The highest BCUT2D eigenvalue weighted by Crippen LogP contribution is 2.16. The summed E-state index contributed by atoms with van der Waals surface area (Å²) < 4.78 is 0. The maximum Gasteiger partial charge on any atom is 0.279 e. The number of piperazine rings is 1. The number of hydrogen-bond donors (Lipinski definition) is 2. The first-order valence-corrected chi connectivity index (χ1v) is 6.11. The molecule has 0 spiro atoms. The number of rotatable bonds is 1. The van der Waals surface area contributed by atoms with E-state index in [1.54, 1.807) is 0 Å². The zero-order valence-corrected chi connectivity index (χ0v) is 9.47. The standard InChI is InChI=1S/C9H15N3O2S/c1-6-4-10-2-3-12(6)8(13)7-5-15-9(14)11-7/h6-7,10H,2-5H2,1H3,(H,11,14)/t6-,7?/m0/s1. The number of carbonyl (C=O) groups is 2. The molecule has 6 heteroatoms. The summed E-state index contributed by atoms with van der Waals surface area (Å²) in [7, 11) is 0. The Kier molecular flexibility index (Phi) is 3.16. The first-order chi connectivity index (χ1) is 7.18. The molecule has 2 aliphatic heterocycles. The summed E-state index contributed by atoms with van der Waals surface area (Å²) in [5, 5.41) is 5.83. The average molecular weight is 229 g/mol.